The molecule has 1 heterocycles. The summed E-state index contributed by atoms with van der Waals surface area (Å²) in [6, 6.07) is 9.40. The molecule has 0 bridgehead atoms. The first-order chi connectivity index (χ1) is 10.7. The number of rotatable bonds is 4. The number of aryl methyl sites for hydroxylation is 1. The van der Waals surface area contributed by atoms with Crippen LogP contribution in [0.2, 0.25) is 0 Å². The van der Waals surface area contributed by atoms with Gasteiger partial charge in [-0.25, -0.2) is 4.98 Å². The zero-order chi connectivity index (χ0) is 15.5. The molecule has 1 amide bonds. The number of carbonyl (C=O) groups is 1. The van der Waals surface area contributed by atoms with Crippen molar-refractivity contribution in [1.82, 2.24) is 4.98 Å². The molecule has 1 fully saturated rings. The number of nitrogens with zero attached hydrogens (tertiary/aromatic N) is 2. The number of aromatic nitrogens is 1. The van der Waals surface area contributed by atoms with E-state index in [1.807, 2.05) is 42.6 Å². The Kier molecular flexibility index (Phi) is 4.03. The summed E-state index contributed by atoms with van der Waals surface area (Å²) in [5.74, 6) is 0.173. The predicted molar refractivity (Wildman–Crippen MR) is 87.5 cm³/mol. The van der Waals surface area contributed by atoms with Gasteiger partial charge in [0.1, 0.15) is 11.6 Å². The second-order valence-corrected chi connectivity index (χ2v) is 6.26. The molecule has 1 aromatic heterocycles. The van der Waals surface area contributed by atoms with Gasteiger partial charge in [0.15, 0.2) is 0 Å². The summed E-state index contributed by atoms with van der Waals surface area (Å²) in [5.41, 5.74) is 2.54. The molecule has 0 radical (unpaired) electrons. The molecule has 1 aliphatic rings. The van der Waals surface area contributed by atoms with Crippen LogP contribution in [0.3, 0.4) is 0 Å². The summed E-state index contributed by atoms with van der Waals surface area (Å²) in [7, 11) is 0. The molecule has 0 aliphatic heterocycles. The number of amides is 1. The lowest BCUT2D eigenvalue weighted by atomic mass is 10.2. The molecular formula is C17H15N3OS. The monoisotopic (exact) mass is 309 g/mol. The van der Waals surface area contributed by atoms with Gasteiger partial charge in [-0.2, -0.15) is 5.26 Å². The molecule has 0 spiro atoms. The van der Waals surface area contributed by atoms with E-state index < -0.39 is 5.91 Å². The van der Waals surface area contributed by atoms with Crippen molar-refractivity contribution in [2.24, 2.45) is 0 Å². The number of hydrogen-bond acceptors (Lipinski definition) is 4. The Morgan fingerprint density at radius 3 is 2.77 bits per heavy atom. The minimum Gasteiger partial charge on any atom is -0.321 e. The average molecular weight is 309 g/mol. The molecule has 1 N–H and O–H groups in total. The van der Waals surface area contributed by atoms with Gasteiger partial charge in [0.25, 0.3) is 5.91 Å². The van der Waals surface area contributed by atoms with Gasteiger partial charge < -0.3 is 5.32 Å². The first-order valence-corrected chi connectivity index (χ1v) is 7.99. The van der Waals surface area contributed by atoms with Crippen LogP contribution in [-0.2, 0) is 4.79 Å². The molecule has 110 valence electrons. The van der Waals surface area contributed by atoms with E-state index in [0.29, 0.717) is 17.3 Å². The minimum absolute atomic E-state index is 0.0632. The van der Waals surface area contributed by atoms with Gasteiger partial charge in [-0.1, -0.05) is 17.7 Å². The van der Waals surface area contributed by atoms with Crippen LogP contribution in [0.15, 0.2) is 35.2 Å². The van der Waals surface area contributed by atoms with E-state index in [1.54, 1.807) is 17.4 Å². The van der Waals surface area contributed by atoms with Crippen molar-refractivity contribution in [2.45, 2.75) is 25.7 Å². The Balaban J connectivity index is 1.74. The quantitative estimate of drug-likeness (QED) is 0.688. The average Bonchev–Trinajstić information content (AvgIpc) is 3.26. The lowest BCUT2D eigenvalue weighted by molar-refractivity contribution is -0.112. The largest absolute Gasteiger partial charge is 0.321 e. The summed E-state index contributed by atoms with van der Waals surface area (Å²) in [4.78, 5) is 16.6. The highest BCUT2D eigenvalue weighted by Crippen LogP contribution is 2.41. The topological polar surface area (TPSA) is 65.8 Å². The zero-order valence-electron chi connectivity index (χ0n) is 12.2. The van der Waals surface area contributed by atoms with E-state index in [2.05, 4.69) is 10.3 Å². The van der Waals surface area contributed by atoms with Crippen molar-refractivity contribution in [3.8, 4) is 6.07 Å². The highest BCUT2D eigenvalue weighted by atomic mass is 32.1. The Morgan fingerprint density at radius 1 is 1.41 bits per heavy atom. The van der Waals surface area contributed by atoms with Crippen molar-refractivity contribution in [1.29, 1.82) is 5.26 Å². The van der Waals surface area contributed by atoms with E-state index >= 15 is 0 Å². The summed E-state index contributed by atoms with van der Waals surface area (Å²) in [5, 5.41) is 14.9. The van der Waals surface area contributed by atoms with Gasteiger partial charge in [0.05, 0.1) is 10.7 Å². The summed E-state index contributed by atoms with van der Waals surface area (Å²) >= 11 is 1.59. The minimum atomic E-state index is -0.410. The lowest BCUT2D eigenvalue weighted by Gasteiger charge is -2.04. The van der Waals surface area contributed by atoms with Crippen LogP contribution in [0.1, 0.15) is 35.0 Å². The maximum atomic E-state index is 12.2. The molecule has 22 heavy (non-hydrogen) atoms. The molecular weight excluding hydrogens is 294 g/mol. The first-order valence-electron chi connectivity index (χ1n) is 7.11. The number of carbonyl (C=O) groups excluding carboxylic acids is 1. The number of nitrogens with one attached hydrogen (secondary N) is 1. The maximum Gasteiger partial charge on any atom is 0.266 e. The molecule has 4 nitrogen and oxygen atoms in total. The van der Waals surface area contributed by atoms with Gasteiger partial charge in [-0.3, -0.25) is 4.79 Å². The van der Waals surface area contributed by atoms with Crippen LogP contribution in [0, 0.1) is 18.3 Å². The smallest absolute Gasteiger partial charge is 0.266 e. The maximum absolute atomic E-state index is 12.2. The fourth-order valence-corrected chi connectivity index (χ4v) is 2.97. The van der Waals surface area contributed by atoms with Crippen LogP contribution < -0.4 is 5.32 Å². The number of nitriles is 1. The standard InChI is InChI=1S/C17H15N3OS/c1-11-2-6-14(7-3-11)19-16(21)13(9-18)8-15-10-22-17(20-15)12-4-5-12/h2-3,6-8,10,12H,4-5H2,1H3,(H,19,21)/b13-8-. The van der Waals surface area contributed by atoms with E-state index in [9.17, 15) is 10.1 Å². The van der Waals surface area contributed by atoms with Crippen molar-refractivity contribution >= 4 is 29.0 Å². The second-order valence-electron chi connectivity index (χ2n) is 5.37. The summed E-state index contributed by atoms with van der Waals surface area (Å²) < 4.78 is 0. The SMILES string of the molecule is Cc1ccc(NC(=O)/C(C#N)=C\c2csc(C3CC3)n2)cc1. The molecule has 1 aliphatic carbocycles. The lowest BCUT2D eigenvalue weighted by Crippen LogP contribution is -2.13. The predicted octanol–water partition coefficient (Wildman–Crippen LogP) is 3.87. The Hall–Kier alpha value is -2.45. The zero-order valence-corrected chi connectivity index (χ0v) is 13.0. The van der Waals surface area contributed by atoms with E-state index in [4.69, 9.17) is 0 Å². The van der Waals surface area contributed by atoms with Crippen molar-refractivity contribution in [2.75, 3.05) is 5.32 Å². The molecule has 1 saturated carbocycles. The van der Waals surface area contributed by atoms with Crippen LogP contribution in [0.4, 0.5) is 5.69 Å². The van der Waals surface area contributed by atoms with Crippen LogP contribution in [0.5, 0.6) is 0 Å². The molecule has 1 aromatic carbocycles. The summed E-state index contributed by atoms with van der Waals surface area (Å²) in [6.45, 7) is 1.98. The van der Waals surface area contributed by atoms with Gasteiger partial charge in [0.2, 0.25) is 0 Å². The van der Waals surface area contributed by atoms with Crippen LogP contribution >= 0.6 is 11.3 Å². The number of thiazole rings is 1. The Labute approximate surface area is 133 Å². The van der Waals surface area contributed by atoms with E-state index in [0.717, 1.165) is 10.6 Å². The molecule has 5 heteroatoms. The molecule has 3 rings (SSSR count). The highest BCUT2D eigenvalue weighted by Gasteiger charge is 2.26. The highest BCUT2D eigenvalue weighted by molar-refractivity contribution is 7.09. The third kappa shape index (κ3) is 3.41. The van der Waals surface area contributed by atoms with Crippen molar-refractivity contribution in [3.05, 3.63) is 51.5 Å². The van der Waals surface area contributed by atoms with E-state index in [-0.39, 0.29) is 5.57 Å². The normalized spacial score (nSPS) is 14.5. The summed E-state index contributed by atoms with van der Waals surface area (Å²) in [6.07, 6.45) is 3.93. The van der Waals surface area contributed by atoms with E-state index in [1.165, 1.54) is 12.8 Å². The molecule has 2 aromatic rings. The molecule has 0 atom stereocenters. The van der Waals surface area contributed by atoms with Gasteiger partial charge in [-0.05, 0) is 38.0 Å². The number of hydrogen-bond donors (Lipinski definition) is 1. The Morgan fingerprint density at radius 2 is 2.14 bits per heavy atom. The Bertz CT molecular complexity index is 764. The molecule has 0 saturated heterocycles. The fourth-order valence-electron chi connectivity index (χ4n) is 2.02. The van der Waals surface area contributed by atoms with Gasteiger partial charge >= 0.3 is 0 Å². The number of anilines is 1. The van der Waals surface area contributed by atoms with Gasteiger partial charge in [0, 0.05) is 17.0 Å². The third-order valence-corrected chi connectivity index (χ3v) is 4.46. The van der Waals surface area contributed by atoms with Gasteiger partial charge in [-0.15, -0.1) is 11.3 Å². The van der Waals surface area contributed by atoms with Crippen molar-refractivity contribution in [3.63, 3.8) is 0 Å². The first kappa shape index (κ1) is 14.5. The third-order valence-electron chi connectivity index (χ3n) is 3.43. The second kappa shape index (κ2) is 6.12. The fraction of sp³-hybridized carbons (Fsp3) is 0.235. The van der Waals surface area contributed by atoms with Crippen molar-refractivity contribution < 1.29 is 4.79 Å². The number of benzene rings is 1. The van der Waals surface area contributed by atoms with Crippen LogP contribution in [0.25, 0.3) is 6.08 Å². The van der Waals surface area contributed by atoms with Crippen LogP contribution in [-0.4, -0.2) is 10.9 Å². The molecule has 0 unspecified atom stereocenters.